The Labute approximate surface area is 167 Å². The molecule has 0 spiro atoms. The van der Waals surface area contributed by atoms with E-state index in [0.717, 1.165) is 32.1 Å². The molecule has 0 heterocycles. The third-order valence-corrected chi connectivity index (χ3v) is 9.88. The average molecular weight is 385 g/mol. The van der Waals surface area contributed by atoms with E-state index >= 15 is 0 Å². The zero-order valence-electron chi connectivity index (χ0n) is 17.0. The first-order chi connectivity index (χ1) is 13.2. The molecule has 0 aromatic rings. The van der Waals surface area contributed by atoms with E-state index in [0.29, 0.717) is 36.5 Å². The Morgan fingerprint density at radius 1 is 1.18 bits per heavy atom. The molecule has 5 aliphatic rings. The van der Waals surface area contributed by atoms with E-state index in [4.69, 9.17) is 0 Å². The topological polar surface area (TPSA) is 74.6 Å². The van der Waals surface area contributed by atoms with Gasteiger partial charge in [0.25, 0.3) is 0 Å². The van der Waals surface area contributed by atoms with Crippen LogP contribution in [0.5, 0.6) is 0 Å². The lowest BCUT2D eigenvalue weighted by Crippen LogP contribution is -2.55. The van der Waals surface area contributed by atoms with Crippen molar-refractivity contribution in [1.29, 1.82) is 0 Å². The Kier molecular flexibility index (Phi) is 3.86. The molecule has 3 fully saturated rings. The van der Waals surface area contributed by atoms with Crippen molar-refractivity contribution in [1.82, 2.24) is 0 Å². The third-order valence-electron chi connectivity index (χ3n) is 9.88. The van der Waals surface area contributed by atoms with Gasteiger partial charge in [0.2, 0.25) is 0 Å². The van der Waals surface area contributed by atoms with E-state index in [1.165, 1.54) is 5.57 Å². The summed E-state index contributed by atoms with van der Waals surface area (Å²) in [4.78, 5) is 23.2. The van der Waals surface area contributed by atoms with Gasteiger partial charge < -0.3 is 10.2 Å². The molecule has 8 atom stereocenters. The SMILES string of the molecule is C[C@]12CCC(=O)C=C1C=CC1C2CC[C@@]2(C)C1C1CC[C@@H]1[C@@]2(O)CCC(=O)O. The predicted octanol–water partition coefficient (Wildman–Crippen LogP) is 4.14. The summed E-state index contributed by atoms with van der Waals surface area (Å²) in [5, 5.41) is 21.1. The molecule has 28 heavy (non-hydrogen) atoms. The van der Waals surface area contributed by atoms with E-state index in [1.54, 1.807) is 0 Å². The lowest BCUT2D eigenvalue weighted by molar-refractivity contribution is -0.150. The highest BCUT2D eigenvalue weighted by atomic mass is 16.4. The van der Waals surface area contributed by atoms with E-state index in [9.17, 15) is 19.8 Å². The zero-order valence-corrected chi connectivity index (χ0v) is 17.0. The molecular formula is C24H32O4. The van der Waals surface area contributed by atoms with Gasteiger partial charge >= 0.3 is 5.97 Å². The smallest absolute Gasteiger partial charge is 0.303 e. The van der Waals surface area contributed by atoms with Gasteiger partial charge in [-0.3, -0.25) is 9.59 Å². The molecule has 0 amide bonds. The van der Waals surface area contributed by atoms with Crippen LogP contribution in [-0.4, -0.2) is 27.6 Å². The van der Waals surface area contributed by atoms with Crippen LogP contribution in [0.25, 0.3) is 0 Å². The Bertz CT molecular complexity index is 796. The van der Waals surface area contributed by atoms with Gasteiger partial charge in [0.1, 0.15) is 0 Å². The fraction of sp³-hybridized carbons (Fsp3) is 0.750. The van der Waals surface area contributed by atoms with Crippen LogP contribution in [0.3, 0.4) is 0 Å². The second kappa shape index (κ2) is 5.81. The molecule has 0 aliphatic heterocycles. The molecule has 0 aromatic carbocycles. The fourth-order valence-electron chi connectivity index (χ4n) is 8.28. The van der Waals surface area contributed by atoms with Crippen LogP contribution >= 0.6 is 0 Å². The Hall–Kier alpha value is -1.42. The Balaban J connectivity index is 1.54. The first kappa shape index (κ1) is 18.6. The maximum Gasteiger partial charge on any atom is 0.303 e. The van der Waals surface area contributed by atoms with Crippen LogP contribution in [0.4, 0.5) is 0 Å². The molecule has 4 heteroatoms. The van der Waals surface area contributed by atoms with Crippen molar-refractivity contribution in [2.75, 3.05) is 0 Å². The van der Waals surface area contributed by atoms with Gasteiger partial charge in [-0.15, -0.1) is 0 Å². The molecule has 3 saturated carbocycles. The summed E-state index contributed by atoms with van der Waals surface area (Å²) >= 11 is 0. The van der Waals surface area contributed by atoms with E-state index in [1.807, 2.05) is 6.08 Å². The van der Waals surface area contributed by atoms with Crippen LogP contribution in [0, 0.1) is 40.4 Å². The molecule has 2 N–H and O–H groups in total. The molecule has 5 rings (SSSR count). The number of carbonyl (C=O) groups excluding carboxylic acids is 1. The summed E-state index contributed by atoms with van der Waals surface area (Å²) in [6.45, 7) is 4.60. The maximum absolute atomic E-state index is 12.0. The van der Waals surface area contributed by atoms with Crippen molar-refractivity contribution >= 4 is 11.8 Å². The lowest BCUT2D eigenvalue weighted by Gasteiger charge is -2.57. The monoisotopic (exact) mass is 384 g/mol. The first-order valence-electron chi connectivity index (χ1n) is 11.1. The van der Waals surface area contributed by atoms with Gasteiger partial charge in [-0.1, -0.05) is 26.0 Å². The number of allylic oxidation sites excluding steroid dienone is 4. The highest BCUT2D eigenvalue weighted by Crippen LogP contribution is 2.73. The van der Waals surface area contributed by atoms with Crippen LogP contribution in [-0.2, 0) is 9.59 Å². The average Bonchev–Trinajstić information content (AvgIpc) is 2.74. The van der Waals surface area contributed by atoms with Crippen molar-refractivity contribution < 1.29 is 19.8 Å². The fourth-order valence-corrected chi connectivity index (χ4v) is 8.28. The number of fused-ring (bicyclic) bond motifs is 7. The molecule has 152 valence electrons. The van der Waals surface area contributed by atoms with E-state index in [-0.39, 0.29) is 29.0 Å². The minimum Gasteiger partial charge on any atom is -0.481 e. The molecule has 5 aliphatic carbocycles. The van der Waals surface area contributed by atoms with Crippen molar-refractivity contribution in [3.8, 4) is 0 Å². The minimum atomic E-state index is -0.850. The molecular weight excluding hydrogens is 352 g/mol. The number of hydrogen-bond donors (Lipinski definition) is 2. The summed E-state index contributed by atoms with van der Waals surface area (Å²) in [6.07, 6.45) is 12.6. The quantitative estimate of drug-likeness (QED) is 0.767. The summed E-state index contributed by atoms with van der Waals surface area (Å²) < 4.78 is 0. The highest BCUT2D eigenvalue weighted by molar-refractivity contribution is 5.92. The van der Waals surface area contributed by atoms with Crippen molar-refractivity contribution in [3.63, 3.8) is 0 Å². The molecule has 0 bridgehead atoms. The normalized spacial score (nSPS) is 51.3. The third kappa shape index (κ3) is 2.16. The highest BCUT2D eigenvalue weighted by Gasteiger charge is 2.72. The number of hydrogen-bond acceptors (Lipinski definition) is 3. The van der Waals surface area contributed by atoms with Crippen molar-refractivity contribution in [2.45, 2.75) is 70.8 Å². The van der Waals surface area contributed by atoms with Gasteiger partial charge in [-0.05, 0) is 85.2 Å². The second-order valence-electron chi connectivity index (χ2n) is 10.7. The first-order valence-corrected chi connectivity index (χ1v) is 11.1. The van der Waals surface area contributed by atoms with Crippen LogP contribution in [0.2, 0.25) is 0 Å². The van der Waals surface area contributed by atoms with E-state index < -0.39 is 11.6 Å². The van der Waals surface area contributed by atoms with Crippen molar-refractivity contribution in [3.05, 3.63) is 23.8 Å². The number of aliphatic carboxylic acids is 1. The summed E-state index contributed by atoms with van der Waals surface area (Å²) in [7, 11) is 0. The van der Waals surface area contributed by atoms with Crippen molar-refractivity contribution in [2.24, 2.45) is 40.4 Å². The minimum absolute atomic E-state index is 0.0542. The second-order valence-corrected chi connectivity index (χ2v) is 10.7. The largest absolute Gasteiger partial charge is 0.481 e. The van der Waals surface area contributed by atoms with Crippen LogP contribution in [0.15, 0.2) is 23.8 Å². The Morgan fingerprint density at radius 3 is 2.64 bits per heavy atom. The number of carboxylic acids is 1. The number of aliphatic hydroxyl groups is 1. The number of rotatable bonds is 3. The molecule has 4 unspecified atom stereocenters. The van der Waals surface area contributed by atoms with E-state index in [2.05, 4.69) is 26.0 Å². The summed E-state index contributed by atoms with van der Waals surface area (Å²) in [5.41, 5.74) is 0.215. The molecule has 4 nitrogen and oxygen atoms in total. The lowest BCUT2D eigenvalue weighted by atomic mass is 9.47. The number of ketones is 1. The van der Waals surface area contributed by atoms with Crippen LogP contribution in [0.1, 0.15) is 65.2 Å². The summed E-state index contributed by atoms with van der Waals surface area (Å²) in [5.74, 6) is 1.60. The summed E-state index contributed by atoms with van der Waals surface area (Å²) in [6, 6.07) is 0. The molecule has 0 saturated heterocycles. The maximum atomic E-state index is 12.0. The molecule has 0 aromatic heterocycles. The van der Waals surface area contributed by atoms with Gasteiger partial charge in [0.05, 0.1) is 5.60 Å². The van der Waals surface area contributed by atoms with Crippen LogP contribution < -0.4 is 0 Å². The number of carboxylic acid groups (broad SMARTS) is 1. The van der Waals surface area contributed by atoms with Gasteiger partial charge in [0, 0.05) is 18.3 Å². The zero-order chi connectivity index (χ0) is 19.9. The van der Waals surface area contributed by atoms with Gasteiger partial charge in [-0.25, -0.2) is 0 Å². The molecule has 0 radical (unpaired) electrons. The predicted molar refractivity (Wildman–Crippen MR) is 105 cm³/mol. The number of carbonyl (C=O) groups is 2. The van der Waals surface area contributed by atoms with Gasteiger partial charge in [0.15, 0.2) is 5.78 Å². The standard InChI is InChI=1S/C24H32O4/c1-22-10-7-15(25)13-14(22)3-4-16-18(22)8-11-23(2)21(16)17-5-6-19(17)24(23,28)12-9-20(26)27/h3-4,13,16-19,21,28H,5-12H2,1-2H3,(H,26,27)/t16?,17?,18?,19-,21?,22-,23-,24-/m0/s1. The van der Waals surface area contributed by atoms with Gasteiger partial charge in [-0.2, -0.15) is 0 Å². The Morgan fingerprint density at radius 2 is 1.96 bits per heavy atom.